The molecule has 2 aromatic rings. The monoisotopic (exact) mass is 281 g/mol. The zero-order valence-electron chi connectivity index (χ0n) is 11.0. The van der Waals surface area contributed by atoms with Gasteiger partial charge in [-0.15, -0.1) is 10.2 Å². The van der Waals surface area contributed by atoms with E-state index in [1.807, 2.05) is 14.0 Å². The molecule has 102 valence electrons. The Morgan fingerprint density at radius 2 is 2.11 bits per heavy atom. The molecule has 0 saturated carbocycles. The molecule has 0 spiro atoms. The molecule has 0 bridgehead atoms. The summed E-state index contributed by atoms with van der Waals surface area (Å²) in [5, 5.41) is 8.90. The Bertz CT molecular complexity index is 544. The van der Waals surface area contributed by atoms with Gasteiger partial charge in [0.15, 0.2) is 11.0 Å². The van der Waals surface area contributed by atoms with E-state index >= 15 is 0 Å². The number of rotatable bonds is 6. The molecule has 0 unspecified atom stereocenters. The number of ether oxygens (including phenoxy) is 1. The summed E-state index contributed by atoms with van der Waals surface area (Å²) < 4.78 is 20.8. The van der Waals surface area contributed by atoms with Gasteiger partial charge in [-0.2, -0.15) is 0 Å². The van der Waals surface area contributed by atoms with E-state index in [1.54, 1.807) is 34.5 Å². The fraction of sp³-hybridized carbons (Fsp3) is 0.385. The second-order valence-corrected chi connectivity index (χ2v) is 4.95. The van der Waals surface area contributed by atoms with Crippen molar-refractivity contribution in [2.45, 2.75) is 12.1 Å². The van der Waals surface area contributed by atoms with Gasteiger partial charge in [0, 0.05) is 19.4 Å². The van der Waals surface area contributed by atoms with Crippen LogP contribution in [0.4, 0.5) is 4.39 Å². The van der Waals surface area contributed by atoms with Gasteiger partial charge in [0.05, 0.1) is 12.2 Å². The average molecular weight is 281 g/mol. The number of aromatic nitrogens is 3. The van der Waals surface area contributed by atoms with Crippen molar-refractivity contribution in [1.29, 1.82) is 0 Å². The summed E-state index contributed by atoms with van der Waals surface area (Å²) in [5.74, 6) is 1.05. The van der Waals surface area contributed by atoms with Crippen LogP contribution in [0.1, 0.15) is 6.92 Å². The van der Waals surface area contributed by atoms with E-state index in [9.17, 15) is 4.39 Å². The molecule has 1 heterocycles. The lowest BCUT2D eigenvalue weighted by Gasteiger charge is -2.04. The maximum atomic E-state index is 13.7. The van der Waals surface area contributed by atoms with Gasteiger partial charge in [-0.3, -0.25) is 0 Å². The third-order valence-corrected chi connectivity index (χ3v) is 3.60. The first-order valence-corrected chi connectivity index (χ1v) is 7.07. The zero-order chi connectivity index (χ0) is 13.7. The lowest BCUT2D eigenvalue weighted by atomic mass is 10.2. The molecule has 0 aliphatic rings. The summed E-state index contributed by atoms with van der Waals surface area (Å²) in [7, 11) is 1.84. The molecule has 6 heteroatoms. The molecule has 0 atom stereocenters. The lowest BCUT2D eigenvalue weighted by molar-refractivity contribution is 0.164. The lowest BCUT2D eigenvalue weighted by Crippen LogP contribution is -1.99. The van der Waals surface area contributed by atoms with Crippen molar-refractivity contribution < 1.29 is 9.13 Å². The van der Waals surface area contributed by atoms with Crippen molar-refractivity contribution in [1.82, 2.24) is 14.8 Å². The van der Waals surface area contributed by atoms with E-state index in [0.717, 1.165) is 10.9 Å². The number of nitrogens with zero attached hydrogens (tertiary/aromatic N) is 3. The van der Waals surface area contributed by atoms with E-state index < -0.39 is 0 Å². The quantitative estimate of drug-likeness (QED) is 0.603. The molecule has 4 nitrogen and oxygen atoms in total. The maximum Gasteiger partial charge on any atom is 0.191 e. The predicted molar refractivity (Wildman–Crippen MR) is 73.6 cm³/mol. The molecule has 0 aliphatic heterocycles. The molecule has 1 aromatic heterocycles. The third-order valence-electron chi connectivity index (χ3n) is 2.61. The molecular formula is C13H16FN3OS. The van der Waals surface area contributed by atoms with Crippen molar-refractivity contribution in [2.24, 2.45) is 7.05 Å². The molecule has 0 fully saturated rings. The van der Waals surface area contributed by atoms with Crippen LogP contribution in [0.15, 0.2) is 29.4 Å². The Kier molecular flexibility index (Phi) is 4.93. The van der Waals surface area contributed by atoms with Gasteiger partial charge in [0.1, 0.15) is 5.82 Å². The van der Waals surface area contributed by atoms with Crippen molar-refractivity contribution in [3.05, 3.63) is 30.1 Å². The average Bonchev–Trinajstić information content (AvgIpc) is 2.77. The number of hydrogen-bond acceptors (Lipinski definition) is 4. The second kappa shape index (κ2) is 6.68. The topological polar surface area (TPSA) is 39.9 Å². The minimum atomic E-state index is -0.288. The van der Waals surface area contributed by atoms with Gasteiger partial charge < -0.3 is 9.30 Å². The third kappa shape index (κ3) is 3.33. The molecule has 2 rings (SSSR count). The summed E-state index contributed by atoms with van der Waals surface area (Å²) in [6, 6.07) is 6.57. The summed E-state index contributed by atoms with van der Waals surface area (Å²) in [6.07, 6.45) is 0. The Labute approximate surface area is 116 Å². The van der Waals surface area contributed by atoms with Crippen LogP contribution < -0.4 is 0 Å². The first-order chi connectivity index (χ1) is 9.24. The van der Waals surface area contributed by atoms with Gasteiger partial charge in [-0.25, -0.2) is 4.39 Å². The highest BCUT2D eigenvalue weighted by molar-refractivity contribution is 7.99. The SMILES string of the molecule is CCOCCSc1nnc(-c2ccccc2F)n1C. The van der Waals surface area contributed by atoms with Crippen molar-refractivity contribution >= 4 is 11.8 Å². The molecule has 0 amide bonds. The summed E-state index contributed by atoms with van der Waals surface area (Å²) in [4.78, 5) is 0. The molecule has 0 N–H and O–H groups in total. The second-order valence-electron chi connectivity index (χ2n) is 3.89. The fourth-order valence-corrected chi connectivity index (χ4v) is 2.42. The highest BCUT2D eigenvalue weighted by Crippen LogP contribution is 2.24. The largest absolute Gasteiger partial charge is 0.381 e. The van der Waals surface area contributed by atoms with E-state index in [0.29, 0.717) is 24.6 Å². The van der Waals surface area contributed by atoms with Crippen LogP contribution in [0.3, 0.4) is 0 Å². The minimum Gasteiger partial charge on any atom is -0.381 e. The Morgan fingerprint density at radius 3 is 2.84 bits per heavy atom. The highest BCUT2D eigenvalue weighted by atomic mass is 32.2. The van der Waals surface area contributed by atoms with Crippen LogP contribution in [0.2, 0.25) is 0 Å². The van der Waals surface area contributed by atoms with E-state index in [1.165, 1.54) is 6.07 Å². The van der Waals surface area contributed by atoms with Gasteiger partial charge in [-0.05, 0) is 19.1 Å². The summed E-state index contributed by atoms with van der Waals surface area (Å²) >= 11 is 1.55. The molecule has 1 aromatic carbocycles. The van der Waals surface area contributed by atoms with Crippen LogP contribution in [0.5, 0.6) is 0 Å². The maximum absolute atomic E-state index is 13.7. The highest BCUT2D eigenvalue weighted by Gasteiger charge is 2.13. The van der Waals surface area contributed by atoms with E-state index in [4.69, 9.17) is 4.74 Å². The van der Waals surface area contributed by atoms with E-state index in [2.05, 4.69) is 10.2 Å². The van der Waals surface area contributed by atoms with Crippen molar-refractivity contribution in [3.8, 4) is 11.4 Å². The number of hydrogen-bond donors (Lipinski definition) is 0. The first-order valence-electron chi connectivity index (χ1n) is 6.09. The van der Waals surface area contributed by atoms with Gasteiger partial charge in [-0.1, -0.05) is 23.9 Å². The standard InChI is InChI=1S/C13H16FN3OS/c1-3-18-8-9-19-13-16-15-12(17(13)2)10-6-4-5-7-11(10)14/h4-7H,3,8-9H2,1-2H3. The van der Waals surface area contributed by atoms with Crippen LogP contribution in [0.25, 0.3) is 11.4 Å². The van der Waals surface area contributed by atoms with Gasteiger partial charge in [0.25, 0.3) is 0 Å². The number of thioether (sulfide) groups is 1. The van der Waals surface area contributed by atoms with Gasteiger partial charge in [0.2, 0.25) is 0 Å². The molecular weight excluding hydrogens is 265 g/mol. The van der Waals surface area contributed by atoms with Crippen LogP contribution in [-0.2, 0) is 11.8 Å². The predicted octanol–water partition coefficient (Wildman–Crippen LogP) is 2.75. The Hall–Kier alpha value is -1.40. The minimum absolute atomic E-state index is 0.288. The van der Waals surface area contributed by atoms with Crippen LogP contribution in [-0.4, -0.2) is 33.7 Å². The Balaban J connectivity index is 2.12. The van der Waals surface area contributed by atoms with E-state index in [-0.39, 0.29) is 5.82 Å². The fourth-order valence-electron chi connectivity index (χ4n) is 1.65. The summed E-state index contributed by atoms with van der Waals surface area (Å²) in [5.41, 5.74) is 0.467. The normalized spacial score (nSPS) is 10.9. The van der Waals surface area contributed by atoms with Crippen molar-refractivity contribution in [2.75, 3.05) is 19.0 Å². The first kappa shape index (κ1) is 14.0. The van der Waals surface area contributed by atoms with Crippen LogP contribution >= 0.6 is 11.8 Å². The number of halogens is 1. The van der Waals surface area contributed by atoms with Crippen LogP contribution in [0, 0.1) is 5.82 Å². The van der Waals surface area contributed by atoms with Crippen molar-refractivity contribution in [3.63, 3.8) is 0 Å². The zero-order valence-corrected chi connectivity index (χ0v) is 11.8. The molecule has 0 saturated heterocycles. The number of benzene rings is 1. The molecule has 0 aliphatic carbocycles. The summed E-state index contributed by atoms with van der Waals surface area (Å²) in [6.45, 7) is 3.34. The molecule has 19 heavy (non-hydrogen) atoms. The smallest absolute Gasteiger partial charge is 0.191 e. The molecule has 0 radical (unpaired) electrons. The Morgan fingerprint density at radius 1 is 1.32 bits per heavy atom. The van der Waals surface area contributed by atoms with Gasteiger partial charge >= 0.3 is 0 Å².